The molecule has 0 bridgehead atoms. The van der Waals surface area contributed by atoms with Crippen LogP contribution in [0.2, 0.25) is 0 Å². The van der Waals surface area contributed by atoms with E-state index in [9.17, 15) is 9.59 Å². The Labute approximate surface area is 75.6 Å². The predicted octanol–water partition coefficient (Wildman–Crippen LogP) is 2.06. The van der Waals surface area contributed by atoms with Crippen LogP contribution in [-0.4, -0.2) is 10.2 Å². The van der Waals surface area contributed by atoms with E-state index in [1.165, 1.54) is 0 Å². The number of hydrogen-bond acceptors (Lipinski definition) is 3. The van der Waals surface area contributed by atoms with Crippen molar-refractivity contribution in [1.82, 2.24) is 4.37 Å². The fourth-order valence-corrected chi connectivity index (χ4v) is 1.27. The third-order valence-corrected chi connectivity index (χ3v) is 1.85. The van der Waals surface area contributed by atoms with E-state index in [1.54, 1.807) is 12.3 Å². The van der Waals surface area contributed by atoms with Crippen LogP contribution in [0.1, 0.15) is 37.6 Å². The molecule has 0 atom stereocenters. The first-order valence-corrected chi connectivity index (χ1v) is 4.83. The van der Waals surface area contributed by atoms with Crippen LogP contribution < -0.4 is 5.56 Å². The van der Waals surface area contributed by atoms with Gasteiger partial charge in [-0.2, -0.15) is 0 Å². The Balaban J connectivity index is 0.000000561. The second-order valence-corrected chi connectivity index (χ2v) is 2.53. The number of rotatable bonds is 2. The van der Waals surface area contributed by atoms with Crippen LogP contribution in [0.5, 0.6) is 0 Å². The molecule has 12 heavy (non-hydrogen) atoms. The highest BCUT2D eigenvalue weighted by atomic mass is 32.1. The van der Waals surface area contributed by atoms with Crippen molar-refractivity contribution >= 4 is 17.3 Å². The van der Waals surface area contributed by atoms with E-state index in [-0.39, 0.29) is 16.9 Å². The van der Waals surface area contributed by atoms with Crippen LogP contribution in [0.4, 0.5) is 0 Å². The zero-order valence-corrected chi connectivity index (χ0v) is 8.33. The Morgan fingerprint density at radius 3 is 2.50 bits per heavy atom. The highest BCUT2D eigenvalue weighted by Crippen LogP contribution is 1.98. The molecule has 0 aliphatic heterocycles. The zero-order valence-electron chi connectivity index (χ0n) is 7.51. The van der Waals surface area contributed by atoms with E-state index >= 15 is 0 Å². The van der Waals surface area contributed by atoms with Crippen LogP contribution in [-0.2, 0) is 0 Å². The number of carbonyl (C=O) groups is 1. The van der Waals surface area contributed by atoms with Gasteiger partial charge in [-0.25, -0.2) is 0 Å². The summed E-state index contributed by atoms with van der Waals surface area (Å²) in [6.45, 7) is 5.74. The maximum Gasteiger partial charge on any atom is 0.268 e. The zero-order chi connectivity index (χ0) is 9.56. The molecule has 0 saturated heterocycles. The second kappa shape index (κ2) is 5.71. The molecule has 0 fully saturated rings. The SMILES string of the molecule is CC.CCC(=O)c1cs[nH]c1=O. The lowest BCUT2D eigenvalue weighted by Crippen LogP contribution is -2.10. The molecule has 3 nitrogen and oxygen atoms in total. The smallest absolute Gasteiger partial charge is 0.268 e. The van der Waals surface area contributed by atoms with E-state index in [2.05, 4.69) is 4.37 Å². The monoisotopic (exact) mass is 187 g/mol. The molecule has 0 aliphatic carbocycles. The van der Waals surface area contributed by atoms with Crippen molar-refractivity contribution in [2.75, 3.05) is 0 Å². The largest absolute Gasteiger partial charge is 0.294 e. The molecule has 1 N–H and O–H groups in total. The van der Waals surface area contributed by atoms with Gasteiger partial charge in [-0.1, -0.05) is 32.3 Å². The summed E-state index contributed by atoms with van der Waals surface area (Å²) >= 11 is 1.15. The van der Waals surface area contributed by atoms with Gasteiger partial charge in [0, 0.05) is 11.8 Å². The molecule has 68 valence electrons. The third kappa shape index (κ3) is 2.62. The number of aromatic amines is 1. The van der Waals surface area contributed by atoms with Crippen LogP contribution in [0.25, 0.3) is 0 Å². The van der Waals surface area contributed by atoms with Crippen molar-refractivity contribution in [3.8, 4) is 0 Å². The van der Waals surface area contributed by atoms with Gasteiger partial charge in [0.2, 0.25) is 0 Å². The van der Waals surface area contributed by atoms with Gasteiger partial charge >= 0.3 is 0 Å². The van der Waals surface area contributed by atoms with Crippen molar-refractivity contribution in [2.24, 2.45) is 0 Å². The number of aromatic nitrogens is 1. The summed E-state index contributed by atoms with van der Waals surface area (Å²) in [4.78, 5) is 21.6. The molecule has 0 amide bonds. The Morgan fingerprint density at radius 2 is 2.17 bits per heavy atom. The number of Topliss-reactive ketones (excluding diaryl/α,β-unsaturated/α-hetero) is 1. The van der Waals surface area contributed by atoms with Gasteiger partial charge < -0.3 is 0 Å². The first-order valence-electron chi connectivity index (χ1n) is 3.95. The van der Waals surface area contributed by atoms with Crippen molar-refractivity contribution in [2.45, 2.75) is 27.2 Å². The molecule has 0 unspecified atom stereocenters. The number of nitrogens with one attached hydrogen (secondary N) is 1. The standard InChI is InChI=1S/C6H7NO2S.C2H6/c1-2-5(8)4-3-10-7-6(4)9;1-2/h3H,2H2,1H3,(H,7,9);1-2H3. The van der Waals surface area contributed by atoms with Gasteiger partial charge in [0.15, 0.2) is 5.78 Å². The quantitative estimate of drug-likeness (QED) is 0.720. The maximum absolute atomic E-state index is 10.9. The molecule has 1 heterocycles. The lowest BCUT2D eigenvalue weighted by molar-refractivity contribution is 0.0987. The number of ketones is 1. The Bertz CT molecular complexity index is 287. The van der Waals surface area contributed by atoms with Crippen molar-refractivity contribution in [1.29, 1.82) is 0 Å². The minimum absolute atomic E-state index is 0.0949. The van der Waals surface area contributed by atoms with E-state index in [1.807, 2.05) is 13.8 Å². The van der Waals surface area contributed by atoms with Gasteiger partial charge in [-0.3, -0.25) is 14.0 Å². The molecule has 0 spiro atoms. The summed E-state index contributed by atoms with van der Waals surface area (Å²) < 4.78 is 2.45. The van der Waals surface area contributed by atoms with Crippen molar-refractivity contribution in [3.05, 3.63) is 21.3 Å². The van der Waals surface area contributed by atoms with Gasteiger partial charge in [-0.05, 0) is 0 Å². The van der Waals surface area contributed by atoms with Crippen molar-refractivity contribution < 1.29 is 4.79 Å². The lowest BCUT2D eigenvalue weighted by atomic mass is 10.2. The first-order chi connectivity index (χ1) is 5.75. The van der Waals surface area contributed by atoms with E-state index in [4.69, 9.17) is 0 Å². The predicted molar refractivity (Wildman–Crippen MR) is 50.9 cm³/mol. The summed E-state index contributed by atoms with van der Waals surface area (Å²) in [5.41, 5.74) is 0.0179. The van der Waals surface area contributed by atoms with Gasteiger partial charge in [0.25, 0.3) is 5.56 Å². The Kier molecular flexibility index (Phi) is 5.28. The number of carbonyl (C=O) groups excluding carboxylic acids is 1. The lowest BCUT2D eigenvalue weighted by Gasteiger charge is -1.84. The second-order valence-electron chi connectivity index (χ2n) is 1.86. The topological polar surface area (TPSA) is 49.9 Å². The summed E-state index contributed by atoms with van der Waals surface area (Å²) in [6.07, 6.45) is 0.389. The van der Waals surface area contributed by atoms with Gasteiger partial charge in [0.05, 0.1) is 5.56 Å². The fraction of sp³-hybridized carbons (Fsp3) is 0.500. The third-order valence-electron chi connectivity index (χ3n) is 1.19. The van der Waals surface area contributed by atoms with E-state index < -0.39 is 0 Å². The molecule has 1 aromatic rings. The number of hydrogen-bond donors (Lipinski definition) is 1. The Hall–Kier alpha value is -0.900. The summed E-state index contributed by atoms with van der Waals surface area (Å²) in [7, 11) is 0. The maximum atomic E-state index is 10.9. The minimum atomic E-state index is -0.267. The number of H-pyrrole nitrogens is 1. The van der Waals surface area contributed by atoms with Crippen LogP contribution >= 0.6 is 11.5 Å². The van der Waals surface area contributed by atoms with Crippen LogP contribution in [0, 0.1) is 0 Å². The van der Waals surface area contributed by atoms with E-state index in [0.29, 0.717) is 6.42 Å². The average molecular weight is 187 g/mol. The normalized spacial score (nSPS) is 8.58. The molecule has 0 radical (unpaired) electrons. The fourth-order valence-electron chi connectivity index (χ4n) is 0.633. The molecular formula is C8H13NO2S. The van der Waals surface area contributed by atoms with E-state index in [0.717, 1.165) is 11.5 Å². The summed E-state index contributed by atoms with van der Waals surface area (Å²) in [5, 5.41) is 1.55. The van der Waals surface area contributed by atoms with Gasteiger partial charge in [0.1, 0.15) is 0 Å². The molecular weight excluding hydrogens is 174 g/mol. The first kappa shape index (κ1) is 11.1. The molecule has 0 saturated carbocycles. The van der Waals surface area contributed by atoms with Crippen molar-refractivity contribution in [3.63, 3.8) is 0 Å². The molecule has 0 aromatic carbocycles. The van der Waals surface area contributed by atoms with Crippen LogP contribution in [0.3, 0.4) is 0 Å². The van der Waals surface area contributed by atoms with Crippen LogP contribution in [0.15, 0.2) is 10.2 Å². The highest BCUT2D eigenvalue weighted by Gasteiger charge is 2.07. The highest BCUT2D eigenvalue weighted by molar-refractivity contribution is 7.03. The molecule has 0 aliphatic rings. The molecule has 4 heteroatoms. The average Bonchev–Trinajstić information content (AvgIpc) is 2.54. The minimum Gasteiger partial charge on any atom is -0.294 e. The van der Waals surface area contributed by atoms with Gasteiger partial charge in [-0.15, -0.1) is 0 Å². The summed E-state index contributed by atoms with van der Waals surface area (Å²) in [5.74, 6) is -0.0949. The molecule has 1 aromatic heterocycles. The molecule has 1 rings (SSSR count). The Morgan fingerprint density at radius 1 is 1.58 bits per heavy atom. The summed E-state index contributed by atoms with van der Waals surface area (Å²) in [6, 6.07) is 0.